The number of aromatic nitrogens is 3. The van der Waals surface area contributed by atoms with Gasteiger partial charge in [0.05, 0.1) is 5.69 Å². The first kappa shape index (κ1) is 11.6. The number of phenols is 1. The molecule has 1 heterocycles. The highest BCUT2D eigenvalue weighted by molar-refractivity contribution is 5.29. The van der Waals surface area contributed by atoms with Gasteiger partial charge in [-0.1, -0.05) is 24.3 Å². The monoisotopic (exact) mass is 231 g/mol. The molecule has 0 fully saturated rings. The Bertz CT molecular complexity index is 493. The van der Waals surface area contributed by atoms with Crippen LogP contribution in [-0.4, -0.2) is 20.1 Å². The fourth-order valence-corrected chi connectivity index (χ4v) is 1.85. The zero-order chi connectivity index (χ0) is 12.3. The van der Waals surface area contributed by atoms with Gasteiger partial charge in [0.15, 0.2) is 0 Å². The van der Waals surface area contributed by atoms with Crippen molar-refractivity contribution in [2.45, 2.75) is 32.7 Å². The van der Waals surface area contributed by atoms with E-state index in [4.69, 9.17) is 0 Å². The standard InChI is InChI=1S/C13H17N3O/c1-3-16-9-12(14-15-16)7-10(2)11-5-4-6-13(17)8-11/h4-6,8-10,17H,3,7H2,1-2H3. The molecule has 0 saturated carbocycles. The van der Waals surface area contributed by atoms with Crippen molar-refractivity contribution in [1.82, 2.24) is 15.0 Å². The molecule has 0 radical (unpaired) electrons. The number of hydrogen-bond acceptors (Lipinski definition) is 3. The third kappa shape index (κ3) is 2.84. The SMILES string of the molecule is CCn1cc(CC(C)c2cccc(O)c2)nn1. The van der Waals surface area contributed by atoms with Crippen molar-refractivity contribution < 1.29 is 5.11 Å². The van der Waals surface area contributed by atoms with Crippen LogP contribution in [0, 0.1) is 0 Å². The molecule has 0 spiro atoms. The van der Waals surface area contributed by atoms with Crippen molar-refractivity contribution in [2.24, 2.45) is 0 Å². The summed E-state index contributed by atoms with van der Waals surface area (Å²) in [5.74, 6) is 0.635. The van der Waals surface area contributed by atoms with Crippen LogP contribution < -0.4 is 0 Å². The molecule has 2 aromatic rings. The molecule has 1 unspecified atom stereocenters. The van der Waals surface area contributed by atoms with Gasteiger partial charge >= 0.3 is 0 Å². The number of nitrogens with zero attached hydrogens (tertiary/aromatic N) is 3. The van der Waals surface area contributed by atoms with Crippen LogP contribution in [0.3, 0.4) is 0 Å². The molecule has 0 aliphatic heterocycles. The second kappa shape index (κ2) is 4.99. The molecule has 1 aromatic heterocycles. The van der Waals surface area contributed by atoms with E-state index in [1.807, 2.05) is 29.9 Å². The van der Waals surface area contributed by atoms with Crippen LogP contribution in [0.1, 0.15) is 31.0 Å². The van der Waals surface area contributed by atoms with E-state index in [1.165, 1.54) is 0 Å². The third-order valence-electron chi connectivity index (χ3n) is 2.86. The smallest absolute Gasteiger partial charge is 0.115 e. The summed E-state index contributed by atoms with van der Waals surface area (Å²) in [7, 11) is 0. The summed E-state index contributed by atoms with van der Waals surface area (Å²) in [4.78, 5) is 0. The van der Waals surface area contributed by atoms with Gasteiger partial charge < -0.3 is 5.11 Å². The van der Waals surface area contributed by atoms with Gasteiger partial charge in [-0.3, -0.25) is 4.68 Å². The summed E-state index contributed by atoms with van der Waals surface area (Å²) < 4.78 is 1.82. The van der Waals surface area contributed by atoms with E-state index in [1.54, 1.807) is 12.1 Å². The third-order valence-corrected chi connectivity index (χ3v) is 2.86. The van der Waals surface area contributed by atoms with Crippen LogP contribution in [0.15, 0.2) is 30.5 Å². The van der Waals surface area contributed by atoms with E-state index >= 15 is 0 Å². The van der Waals surface area contributed by atoms with E-state index in [2.05, 4.69) is 17.2 Å². The van der Waals surface area contributed by atoms with Gasteiger partial charge in [-0.15, -0.1) is 5.10 Å². The fraction of sp³-hybridized carbons (Fsp3) is 0.385. The molecule has 0 aliphatic rings. The van der Waals surface area contributed by atoms with Crippen molar-refractivity contribution in [1.29, 1.82) is 0 Å². The minimum atomic E-state index is 0.312. The summed E-state index contributed by atoms with van der Waals surface area (Å²) >= 11 is 0. The first-order chi connectivity index (χ1) is 8.19. The molecule has 1 aromatic carbocycles. The normalized spacial score (nSPS) is 12.6. The molecule has 1 atom stereocenters. The maximum atomic E-state index is 9.44. The number of hydrogen-bond donors (Lipinski definition) is 1. The van der Waals surface area contributed by atoms with Crippen LogP contribution in [-0.2, 0) is 13.0 Å². The molecule has 0 saturated heterocycles. The van der Waals surface area contributed by atoms with Crippen LogP contribution in [0.5, 0.6) is 5.75 Å². The Morgan fingerprint density at radius 2 is 2.24 bits per heavy atom. The second-order valence-electron chi connectivity index (χ2n) is 4.27. The van der Waals surface area contributed by atoms with Crippen molar-refractivity contribution in [3.8, 4) is 5.75 Å². The van der Waals surface area contributed by atoms with Gasteiger partial charge in [-0.05, 0) is 37.0 Å². The van der Waals surface area contributed by atoms with Crippen molar-refractivity contribution in [3.05, 3.63) is 41.7 Å². The van der Waals surface area contributed by atoms with E-state index in [9.17, 15) is 5.11 Å². The van der Waals surface area contributed by atoms with Gasteiger partial charge in [0.1, 0.15) is 5.75 Å². The lowest BCUT2D eigenvalue weighted by molar-refractivity contribution is 0.474. The van der Waals surface area contributed by atoms with E-state index in [0.29, 0.717) is 11.7 Å². The van der Waals surface area contributed by atoms with Gasteiger partial charge in [0, 0.05) is 12.7 Å². The molecule has 2 rings (SSSR count). The largest absolute Gasteiger partial charge is 0.508 e. The molecule has 4 nitrogen and oxygen atoms in total. The van der Waals surface area contributed by atoms with E-state index in [0.717, 1.165) is 24.2 Å². The van der Waals surface area contributed by atoms with Gasteiger partial charge in [-0.25, -0.2) is 0 Å². The van der Waals surface area contributed by atoms with Crippen LogP contribution >= 0.6 is 0 Å². The summed E-state index contributed by atoms with van der Waals surface area (Å²) in [6, 6.07) is 7.37. The highest BCUT2D eigenvalue weighted by atomic mass is 16.3. The molecule has 0 amide bonds. The summed E-state index contributed by atoms with van der Waals surface area (Å²) in [5, 5.41) is 17.6. The Balaban J connectivity index is 2.08. The molecule has 17 heavy (non-hydrogen) atoms. The average Bonchev–Trinajstić information content (AvgIpc) is 2.77. The van der Waals surface area contributed by atoms with E-state index in [-0.39, 0.29) is 0 Å². The maximum Gasteiger partial charge on any atom is 0.115 e. The molecule has 4 heteroatoms. The predicted octanol–water partition coefficient (Wildman–Crippen LogP) is 2.35. The Hall–Kier alpha value is -1.84. The summed E-state index contributed by atoms with van der Waals surface area (Å²) in [6.45, 7) is 5.00. The quantitative estimate of drug-likeness (QED) is 0.878. The van der Waals surface area contributed by atoms with Crippen LogP contribution in [0.2, 0.25) is 0 Å². The van der Waals surface area contributed by atoms with Crippen molar-refractivity contribution >= 4 is 0 Å². The first-order valence-electron chi connectivity index (χ1n) is 5.87. The maximum absolute atomic E-state index is 9.44. The summed E-state index contributed by atoms with van der Waals surface area (Å²) in [5.41, 5.74) is 2.11. The molecule has 90 valence electrons. The zero-order valence-electron chi connectivity index (χ0n) is 10.2. The van der Waals surface area contributed by atoms with Crippen LogP contribution in [0.4, 0.5) is 0 Å². The fourth-order valence-electron chi connectivity index (χ4n) is 1.85. The average molecular weight is 231 g/mol. The lowest BCUT2D eigenvalue weighted by Gasteiger charge is -2.09. The molecule has 0 bridgehead atoms. The molecular weight excluding hydrogens is 214 g/mol. The minimum Gasteiger partial charge on any atom is -0.508 e. The van der Waals surface area contributed by atoms with Crippen molar-refractivity contribution in [3.63, 3.8) is 0 Å². The van der Waals surface area contributed by atoms with E-state index < -0.39 is 0 Å². The molecule has 1 N–H and O–H groups in total. The second-order valence-corrected chi connectivity index (χ2v) is 4.27. The Kier molecular flexibility index (Phi) is 3.42. The Morgan fingerprint density at radius 3 is 2.88 bits per heavy atom. The highest BCUT2D eigenvalue weighted by Gasteiger charge is 2.09. The van der Waals surface area contributed by atoms with Crippen molar-refractivity contribution in [2.75, 3.05) is 0 Å². The number of aryl methyl sites for hydroxylation is 1. The topological polar surface area (TPSA) is 50.9 Å². The highest BCUT2D eigenvalue weighted by Crippen LogP contribution is 2.22. The number of benzene rings is 1. The van der Waals surface area contributed by atoms with Gasteiger partial charge in [-0.2, -0.15) is 0 Å². The number of aromatic hydroxyl groups is 1. The number of phenolic OH excluding ortho intramolecular Hbond substituents is 1. The predicted molar refractivity (Wildman–Crippen MR) is 65.9 cm³/mol. The number of rotatable bonds is 4. The molecule has 0 aliphatic carbocycles. The van der Waals surface area contributed by atoms with Crippen LogP contribution in [0.25, 0.3) is 0 Å². The lowest BCUT2D eigenvalue weighted by Crippen LogP contribution is -1.98. The first-order valence-corrected chi connectivity index (χ1v) is 5.87. The van der Waals surface area contributed by atoms with Gasteiger partial charge in [0.2, 0.25) is 0 Å². The Labute approximate surface area is 101 Å². The Morgan fingerprint density at radius 1 is 1.41 bits per heavy atom. The zero-order valence-corrected chi connectivity index (χ0v) is 10.2. The summed E-state index contributed by atoms with van der Waals surface area (Å²) in [6.07, 6.45) is 2.81. The molecular formula is C13H17N3O. The lowest BCUT2D eigenvalue weighted by atomic mass is 9.96. The van der Waals surface area contributed by atoms with Gasteiger partial charge in [0.25, 0.3) is 0 Å². The minimum absolute atomic E-state index is 0.312.